The van der Waals surface area contributed by atoms with Crippen molar-refractivity contribution in [3.8, 4) is 5.75 Å². The van der Waals surface area contributed by atoms with Crippen molar-refractivity contribution in [1.29, 1.82) is 0 Å². The molecule has 2 aliphatic rings. The van der Waals surface area contributed by atoms with Crippen molar-refractivity contribution in [1.82, 2.24) is 4.90 Å². The third-order valence-electron chi connectivity index (χ3n) is 5.10. The summed E-state index contributed by atoms with van der Waals surface area (Å²) in [5, 5.41) is 0. The number of fused-ring (bicyclic) bond motifs is 2. The van der Waals surface area contributed by atoms with Crippen LogP contribution in [0.3, 0.4) is 0 Å². The van der Waals surface area contributed by atoms with E-state index >= 15 is 0 Å². The number of rotatable bonds is 4. The number of aryl methyl sites for hydroxylation is 1. The van der Waals surface area contributed by atoms with Gasteiger partial charge in [0.1, 0.15) is 23.1 Å². The third kappa shape index (κ3) is 5.67. The van der Waals surface area contributed by atoms with Gasteiger partial charge < -0.3 is 14.4 Å². The fraction of sp³-hybridized carbons (Fsp3) is 0.636. The highest BCUT2D eigenvalue weighted by atomic mass is 19.4. The van der Waals surface area contributed by atoms with Crippen molar-refractivity contribution < 1.29 is 27.4 Å². The van der Waals surface area contributed by atoms with Crippen LogP contribution in [-0.2, 0) is 11.2 Å². The van der Waals surface area contributed by atoms with E-state index in [4.69, 9.17) is 9.47 Å². The summed E-state index contributed by atoms with van der Waals surface area (Å²) in [5.74, 6) is 0.699. The summed E-state index contributed by atoms with van der Waals surface area (Å²) in [6.45, 7) is 7.12. The molecule has 166 valence electrons. The summed E-state index contributed by atoms with van der Waals surface area (Å²) < 4.78 is 49.5. The molecule has 0 N–H and O–H groups in total. The quantitative estimate of drug-likeness (QED) is 0.582. The Morgan fingerprint density at radius 2 is 2.03 bits per heavy atom. The molecule has 0 spiro atoms. The molecule has 3 rings (SSSR count). The monoisotopic (exact) mass is 426 g/mol. The number of halogens is 3. The maximum absolute atomic E-state index is 12.9. The highest BCUT2D eigenvalue weighted by molar-refractivity contribution is 5.75. The van der Waals surface area contributed by atoms with Gasteiger partial charge in [0.15, 0.2) is 0 Å². The van der Waals surface area contributed by atoms with Gasteiger partial charge in [-0.3, -0.25) is 4.99 Å². The largest absolute Gasteiger partial charge is 0.483 e. The zero-order valence-electron chi connectivity index (χ0n) is 17.9. The fourth-order valence-corrected chi connectivity index (χ4v) is 3.87. The summed E-state index contributed by atoms with van der Waals surface area (Å²) in [5.41, 5.74) is 1.89. The maximum atomic E-state index is 12.9. The van der Waals surface area contributed by atoms with Crippen LogP contribution in [0.1, 0.15) is 70.5 Å². The third-order valence-corrected chi connectivity index (χ3v) is 5.10. The number of hydrogen-bond donors (Lipinski definition) is 0. The average molecular weight is 426 g/mol. The molecule has 5 nitrogen and oxygen atoms in total. The highest BCUT2D eigenvalue weighted by Crippen LogP contribution is 2.42. The van der Waals surface area contributed by atoms with Crippen molar-refractivity contribution in [2.45, 2.75) is 83.7 Å². The lowest BCUT2D eigenvalue weighted by Gasteiger charge is -2.37. The second-order valence-electron chi connectivity index (χ2n) is 8.92. The molecular formula is C22H29F3N2O3. The van der Waals surface area contributed by atoms with Gasteiger partial charge in [-0.15, -0.1) is 0 Å². The van der Waals surface area contributed by atoms with Crippen LogP contribution in [0.4, 0.5) is 23.7 Å². The predicted molar refractivity (Wildman–Crippen MR) is 109 cm³/mol. The standard InChI is InChI=1S/C22H29F3N2O3/c1-14-13-26-17-12-16-15(11-19(17)29-14)7-5-8-18(16)27(10-6-9-22(23,24)25)20(28)30-21(2,3)4/h11-14,18H,5-10H2,1-4H3/t14-,18-/m0/s1. The Labute approximate surface area is 175 Å². The maximum Gasteiger partial charge on any atom is 0.410 e. The van der Waals surface area contributed by atoms with Crippen LogP contribution < -0.4 is 4.74 Å². The van der Waals surface area contributed by atoms with E-state index < -0.39 is 24.3 Å². The van der Waals surface area contributed by atoms with Gasteiger partial charge in [0, 0.05) is 19.2 Å². The molecule has 0 saturated heterocycles. The van der Waals surface area contributed by atoms with E-state index in [1.54, 1.807) is 27.0 Å². The molecular weight excluding hydrogens is 397 g/mol. The Kier molecular flexibility index (Phi) is 6.34. The first-order valence-corrected chi connectivity index (χ1v) is 10.4. The van der Waals surface area contributed by atoms with Crippen molar-refractivity contribution in [2.75, 3.05) is 6.54 Å². The van der Waals surface area contributed by atoms with Crippen LogP contribution in [0.15, 0.2) is 17.1 Å². The number of carbonyl (C=O) groups is 1. The zero-order valence-corrected chi connectivity index (χ0v) is 17.9. The number of ether oxygens (including phenoxy) is 2. The van der Waals surface area contributed by atoms with Crippen LogP contribution in [-0.4, -0.2) is 41.6 Å². The molecule has 1 aromatic carbocycles. The summed E-state index contributed by atoms with van der Waals surface area (Å²) >= 11 is 0. The highest BCUT2D eigenvalue weighted by Gasteiger charge is 2.34. The van der Waals surface area contributed by atoms with E-state index in [2.05, 4.69) is 4.99 Å². The molecule has 0 radical (unpaired) electrons. The van der Waals surface area contributed by atoms with Crippen LogP contribution >= 0.6 is 0 Å². The first-order chi connectivity index (χ1) is 13.9. The minimum Gasteiger partial charge on any atom is -0.483 e. The average Bonchev–Trinajstić information content (AvgIpc) is 2.61. The van der Waals surface area contributed by atoms with Gasteiger partial charge in [-0.1, -0.05) is 0 Å². The molecule has 0 aromatic heterocycles. The molecule has 1 heterocycles. The van der Waals surface area contributed by atoms with E-state index in [1.165, 1.54) is 4.90 Å². The molecule has 1 aliphatic carbocycles. The second kappa shape index (κ2) is 8.47. The van der Waals surface area contributed by atoms with Crippen LogP contribution in [0.2, 0.25) is 0 Å². The van der Waals surface area contributed by atoms with Crippen LogP contribution in [0, 0.1) is 0 Å². The smallest absolute Gasteiger partial charge is 0.410 e. The van der Waals surface area contributed by atoms with Gasteiger partial charge in [0.2, 0.25) is 0 Å². The summed E-state index contributed by atoms with van der Waals surface area (Å²) in [4.78, 5) is 18.8. The van der Waals surface area contributed by atoms with Crippen LogP contribution in [0.5, 0.6) is 5.75 Å². The SMILES string of the molecule is C[C@H]1C=Nc2cc3c(cc2O1)CCC[C@@H]3N(CCCC(F)(F)F)C(=O)OC(C)(C)C. The Bertz CT molecular complexity index is 815. The fourth-order valence-electron chi connectivity index (χ4n) is 3.87. The van der Waals surface area contributed by atoms with Gasteiger partial charge in [-0.25, -0.2) is 4.79 Å². The normalized spacial score (nSPS) is 20.8. The van der Waals surface area contributed by atoms with E-state index in [9.17, 15) is 18.0 Å². The minimum absolute atomic E-state index is 0.0214. The Hall–Kier alpha value is -2.25. The topological polar surface area (TPSA) is 51.1 Å². The van der Waals surface area contributed by atoms with E-state index in [-0.39, 0.29) is 25.1 Å². The van der Waals surface area contributed by atoms with Crippen molar-refractivity contribution in [2.24, 2.45) is 4.99 Å². The van der Waals surface area contributed by atoms with E-state index in [0.717, 1.165) is 24.0 Å². The van der Waals surface area contributed by atoms with Crippen LogP contribution in [0.25, 0.3) is 0 Å². The van der Waals surface area contributed by atoms with Gasteiger partial charge in [0.25, 0.3) is 0 Å². The molecule has 1 aromatic rings. The lowest BCUT2D eigenvalue weighted by molar-refractivity contribution is -0.136. The van der Waals surface area contributed by atoms with Crippen molar-refractivity contribution >= 4 is 18.0 Å². The summed E-state index contributed by atoms with van der Waals surface area (Å²) in [6, 6.07) is 3.50. The Morgan fingerprint density at radius 1 is 1.30 bits per heavy atom. The first kappa shape index (κ1) is 22.4. The van der Waals surface area contributed by atoms with E-state index in [1.807, 2.05) is 19.1 Å². The molecule has 0 bridgehead atoms. The van der Waals surface area contributed by atoms with Gasteiger partial charge in [-0.05, 0) is 76.6 Å². The van der Waals surface area contributed by atoms with Crippen molar-refractivity contribution in [3.63, 3.8) is 0 Å². The zero-order chi connectivity index (χ0) is 22.1. The second-order valence-corrected chi connectivity index (χ2v) is 8.92. The molecule has 2 atom stereocenters. The van der Waals surface area contributed by atoms with Gasteiger partial charge in [-0.2, -0.15) is 13.2 Å². The van der Waals surface area contributed by atoms with Crippen molar-refractivity contribution in [3.05, 3.63) is 23.3 Å². The Morgan fingerprint density at radius 3 is 2.70 bits per heavy atom. The number of amides is 1. The lowest BCUT2D eigenvalue weighted by atomic mass is 9.86. The summed E-state index contributed by atoms with van der Waals surface area (Å²) in [6.07, 6.45) is -2.04. The molecule has 8 heteroatoms. The number of aliphatic imine (C=N–C) groups is 1. The molecule has 0 saturated carbocycles. The molecule has 30 heavy (non-hydrogen) atoms. The number of hydrogen-bond acceptors (Lipinski definition) is 4. The Balaban J connectivity index is 1.90. The number of carbonyl (C=O) groups excluding carboxylic acids is 1. The van der Waals surface area contributed by atoms with Gasteiger partial charge in [0.05, 0.1) is 6.04 Å². The van der Waals surface area contributed by atoms with E-state index in [0.29, 0.717) is 17.9 Å². The molecule has 1 aliphatic heterocycles. The predicted octanol–water partition coefficient (Wildman–Crippen LogP) is 6.13. The molecule has 1 amide bonds. The number of alkyl halides is 3. The lowest BCUT2D eigenvalue weighted by Crippen LogP contribution is -2.41. The summed E-state index contributed by atoms with van der Waals surface area (Å²) in [7, 11) is 0. The minimum atomic E-state index is -4.26. The molecule has 0 fully saturated rings. The van der Waals surface area contributed by atoms with Gasteiger partial charge >= 0.3 is 12.3 Å². The number of benzene rings is 1. The number of nitrogens with zero attached hydrogens (tertiary/aromatic N) is 2. The molecule has 0 unspecified atom stereocenters. The first-order valence-electron chi connectivity index (χ1n) is 10.4.